The number of benzene rings is 2. The van der Waals surface area contributed by atoms with Gasteiger partial charge in [0.1, 0.15) is 11.9 Å². The summed E-state index contributed by atoms with van der Waals surface area (Å²) in [6.07, 6.45) is 7.82. The van der Waals surface area contributed by atoms with E-state index < -0.39 is 12.0 Å². The molecule has 5 rings (SSSR count). The molecule has 41 heavy (non-hydrogen) atoms. The summed E-state index contributed by atoms with van der Waals surface area (Å²) >= 11 is 5.95. The molecule has 1 aliphatic carbocycles. The molecule has 3 atom stereocenters. The number of piperidine rings is 1. The molecular weight excluding hydrogens is 541 g/mol. The lowest BCUT2D eigenvalue weighted by Gasteiger charge is -2.35. The van der Waals surface area contributed by atoms with Crippen LogP contribution < -0.4 is 5.32 Å². The summed E-state index contributed by atoms with van der Waals surface area (Å²) in [6, 6.07) is 13.9. The highest BCUT2D eigenvalue weighted by Gasteiger charge is 2.43. The van der Waals surface area contributed by atoms with Crippen molar-refractivity contribution in [2.75, 3.05) is 32.7 Å². The van der Waals surface area contributed by atoms with E-state index in [-0.39, 0.29) is 29.5 Å². The Kier molecular flexibility index (Phi) is 10.3. The Labute approximate surface area is 248 Å². The molecule has 3 fully saturated rings. The number of carbonyl (C=O) groups is 2. The van der Waals surface area contributed by atoms with Crippen LogP contribution in [0.15, 0.2) is 48.5 Å². The third-order valence-corrected chi connectivity index (χ3v) is 9.82. The second-order valence-corrected chi connectivity index (χ2v) is 12.8. The van der Waals surface area contributed by atoms with Gasteiger partial charge in [-0.1, -0.05) is 55.1 Å². The van der Waals surface area contributed by atoms with Crippen LogP contribution in [0.2, 0.25) is 5.02 Å². The Morgan fingerprint density at radius 3 is 2.41 bits per heavy atom. The molecule has 2 aliphatic heterocycles. The van der Waals surface area contributed by atoms with Crippen LogP contribution in [0.1, 0.15) is 68.4 Å². The zero-order chi connectivity index (χ0) is 28.8. The summed E-state index contributed by atoms with van der Waals surface area (Å²) in [5.74, 6) is 0.0167. The van der Waals surface area contributed by atoms with Gasteiger partial charge < -0.3 is 15.3 Å². The highest BCUT2D eigenvalue weighted by atomic mass is 35.5. The average Bonchev–Trinajstić information content (AvgIpc) is 3.37. The summed E-state index contributed by atoms with van der Waals surface area (Å²) in [6.45, 7) is 4.60. The monoisotopic (exact) mass is 583 g/mol. The van der Waals surface area contributed by atoms with Crippen molar-refractivity contribution in [2.24, 2.45) is 17.8 Å². The van der Waals surface area contributed by atoms with Crippen molar-refractivity contribution in [1.82, 2.24) is 15.1 Å². The Bertz CT molecular complexity index is 1160. The molecule has 8 heteroatoms. The molecule has 3 unspecified atom stereocenters. The molecule has 3 aliphatic rings. The molecule has 0 aromatic heterocycles. The number of nitrogens with one attached hydrogen (secondary N) is 1. The van der Waals surface area contributed by atoms with Gasteiger partial charge in [-0.05, 0) is 91.9 Å². The van der Waals surface area contributed by atoms with E-state index >= 15 is 0 Å². The van der Waals surface area contributed by atoms with Crippen LogP contribution in [0.4, 0.5) is 4.39 Å². The predicted octanol–water partition coefficient (Wildman–Crippen LogP) is 5.95. The Hall–Kier alpha value is -2.48. The molecule has 0 spiro atoms. The third kappa shape index (κ3) is 8.08. The minimum Gasteiger partial charge on any atom is -0.480 e. The molecular formula is C33H43ClFN3O3. The Balaban J connectivity index is 1.17. The van der Waals surface area contributed by atoms with Gasteiger partial charge >= 0.3 is 5.97 Å². The number of likely N-dealkylation sites (tertiary alicyclic amines) is 2. The highest BCUT2D eigenvalue weighted by Crippen LogP contribution is 2.39. The summed E-state index contributed by atoms with van der Waals surface area (Å²) in [5, 5.41) is 14.0. The number of rotatable bonds is 10. The molecule has 0 bridgehead atoms. The second kappa shape index (κ2) is 14.1. The van der Waals surface area contributed by atoms with Crippen molar-refractivity contribution in [3.05, 3.63) is 70.5 Å². The minimum absolute atomic E-state index is 0.0819. The van der Waals surface area contributed by atoms with Gasteiger partial charge in [-0.25, -0.2) is 4.39 Å². The molecule has 2 aromatic carbocycles. The maximum atomic E-state index is 14.2. The molecule has 2 heterocycles. The van der Waals surface area contributed by atoms with E-state index in [9.17, 15) is 19.1 Å². The lowest BCUT2D eigenvalue weighted by molar-refractivity contribution is -0.145. The van der Waals surface area contributed by atoms with Crippen LogP contribution in [-0.4, -0.2) is 65.5 Å². The van der Waals surface area contributed by atoms with Crippen molar-refractivity contribution in [2.45, 2.75) is 69.9 Å². The van der Waals surface area contributed by atoms with Crippen LogP contribution in [0.25, 0.3) is 0 Å². The summed E-state index contributed by atoms with van der Waals surface area (Å²) in [4.78, 5) is 29.7. The van der Waals surface area contributed by atoms with Gasteiger partial charge in [0.2, 0.25) is 5.91 Å². The van der Waals surface area contributed by atoms with Gasteiger partial charge in [-0.2, -0.15) is 0 Å². The van der Waals surface area contributed by atoms with Crippen molar-refractivity contribution >= 4 is 23.5 Å². The first-order chi connectivity index (χ1) is 19.9. The molecule has 2 saturated heterocycles. The number of amides is 1. The van der Waals surface area contributed by atoms with E-state index in [1.54, 1.807) is 12.1 Å². The molecule has 6 nitrogen and oxygen atoms in total. The molecule has 222 valence electrons. The van der Waals surface area contributed by atoms with E-state index in [1.165, 1.54) is 12.5 Å². The fourth-order valence-electron chi connectivity index (χ4n) is 7.38. The first-order valence-electron chi connectivity index (χ1n) is 15.3. The summed E-state index contributed by atoms with van der Waals surface area (Å²) in [7, 11) is 0. The van der Waals surface area contributed by atoms with Gasteiger partial charge in [0.25, 0.3) is 0 Å². The largest absolute Gasteiger partial charge is 0.480 e. The first-order valence-corrected chi connectivity index (χ1v) is 15.7. The van der Waals surface area contributed by atoms with Crippen molar-refractivity contribution < 1.29 is 19.1 Å². The Morgan fingerprint density at radius 2 is 1.73 bits per heavy atom. The van der Waals surface area contributed by atoms with Crippen LogP contribution in [0.3, 0.4) is 0 Å². The van der Waals surface area contributed by atoms with E-state index in [1.807, 2.05) is 30.3 Å². The van der Waals surface area contributed by atoms with Gasteiger partial charge in [0.15, 0.2) is 0 Å². The lowest BCUT2D eigenvalue weighted by Crippen LogP contribution is -2.46. The molecule has 2 N–H and O–H groups in total. The molecule has 2 aromatic rings. The van der Waals surface area contributed by atoms with E-state index in [4.69, 9.17) is 11.6 Å². The van der Waals surface area contributed by atoms with Gasteiger partial charge in [0.05, 0.1) is 0 Å². The smallest absolute Gasteiger partial charge is 0.321 e. The van der Waals surface area contributed by atoms with Crippen molar-refractivity contribution in [1.29, 1.82) is 0 Å². The van der Waals surface area contributed by atoms with Gasteiger partial charge in [-0.15, -0.1) is 0 Å². The number of halogens is 2. The normalized spacial score (nSPS) is 23.9. The maximum Gasteiger partial charge on any atom is 0.321 e. The molecule has 0 radical (unpaired) electrons. The SMILES string of the molecule is O=C(CC1CCN(CC2CN(C(C(=O)O)C3CCCCC3)CC2c2cccc(F)c2)CC1)NCc1ccc(Cl)cc1. The second-order valence-electron chi connectivity index (χ2n) is 12.4. The van der Waals surface area contributed by atoms with E-state index in [2.05, 4.69) is 15.1 Å². The first kappa shape index (κ1) is 30.0. The fourth-order valence-corrected chi connectivity index (χ4v) is 7.51. The number of hydrogen-bond acceptors (Lipinski definition) is 4. The number of carbonyl (C=O) groups excluding carboxylic acids is 1. The standard InChI is InChI=1S/C33H43ClFN3O3/c34-28-11-9-24(10-12-28)19-36-31(39)17-23-13-15-37(16-14-23)20-27-21-38(22-30(27)26-7-4-8-29(35)18-26)32(33(40)41)25-5-2-1-3-6-25/h4,7-12,18,23,25,27,30,32H,1-3,5-6,13-17,19-22H2,(H,36,39)(H,40,41). The number of carboxylic acid groups (broad SMARTS) is 1. The van der Waals surface area contributed by atoms with E-state index in [0.29, 0.717) is 30.5 Å². The predicted molar refractivity (Wildman–Crippen MR) is 159 cm³/mol. The summed E-state index contributed by atoms with van der Waals surface area (Å²) in [5.41, 5.74) is 2.00. The third-order valence-electron chi connectivity index (χ3n) is 9.57. The summed E-state index contributed by atoms with van der Waals surface area (Å²) < 4.78 is 14.2. The highest BCUT2D eigenvalue weighted by molar-refractivity contribution is 6.30. The number of hydrogen-bond donors (Lipinski definition) is 2. The quantitative estimate of drug-likeness (QED) is 0.362. The van der Waals surface area contributed by atoms with Gasteiger partial charge in [0, 0.05) is 43.5 Å². The maximum absolute atomic E-state index is 14.2. The number of aliphatic carboxylic acids is 1. The number of nitrogens with zero attached hydrogens (tertiary/aromatic N) is 2. The van der Waals surface area contributed by atoms with Crippen LogP contribution in [0.5, 0.6) is 0 Å². The van der Waals surface area contributed by atoms with Crippen molar-refractivity contribution in [3.63, 3.8) is 0 Å². The van der Waals surface area contributed by atoms with Gasteiger partial charge in [-0.3, -0.25) is 14.5 Å². The number of carboxylic acids is 1. The van der Waals surface area contributed by atoms with Crippen molar-refractivity contribution in [3.8, 4) is 0 Å². The van der Waals surface area contributed by atoms with Crippen LogP contribution >= 0.6 is 11.6 Å². The zero-order valence-corrected chi connectivity index (χ0v) is 24.6. The zero-order valence-electron chi connectivity index (χ0n) is 23.8. The fraction of sp³-hybridized carbons (Fsp3) is 0.576. The topological polar surface area (TPSA) is 72.9 Å². The average molecular weight is 584 g/mol. The lowest BCUT2D eigenvalue weighted by atomic mass is 9.83. The minimum atomic E-state index is -0.717. The van der Waals surface area contributed by atoms with E-state index in [0.717, 1.165) is 75.8 Å². The molecule has 1 amide bonds. The Morgan fingerprint density at radius 1 is 1.00 bits per heavy atom. The van der Waals surface area contributed by atoms with Crippen LogP contribution in [0, 0.1) is 23.6 Å². The van der Waals surface area contributed by atoms with Crippen LogP contribution in [-0.2, 0) is 16.1 Å². The molecule has 1 saturated carbocycles.